The third-order valence-corrected chi connectivity index (χ3v) is 5.67. The molecule has 0 radical (unpaired) electrons. The molecule has 1 aromatic carbocycles. The van der Waals surface area contributed by atoms with Gasteiger partial charge in [-0.3, -0.25) is 9.20 Å². The number of anilines is 1. The number of fused-ring (bicyclic) bond motifs is 1. The van der Waals surface area contributed by atoms with E-state index in [9.17, 15) is 9.18 Å². The molecule has 1 aliphatic rings. The van der Waals surface area contributed by atoms with Crippen LogP contribution < -0.4 is 16.0 Å². The quantitative estimate of drug-likeness (QED) is 0.469. The van der Waals surface area contributed by atoms with Crippen LogP contribution in [0.2, 0.25) is 0 Å². The summed E-state index contributed by atoms with van der Waals surface area (Å²) >= 11 is 0. The molecule has 4 rings (SSSR count). The van der Waals surface area contributed by atoms with Gasteiger partial charge in [-0.05, 0) is 42.2 Å². The summed E-state index contributed by atoms with van der Waals surface area (Å²) in [6.07, 6.45) is 15.4. The lowest BCUT2D eigenvalue weighted by Crippen LogP contribution is -2.14. The van der Waals surface area contributed by atoms with Crippen molar-refractivity contribution in [1.82, 2.24) is 9.38 Å². The van der Waals surface area contributed by atoms with Gasteiger partial charge in [0.15, 0.2) is 11.6 Å². The fourth-order valence-corrected chi connectivity index (χ4v) is 3.59. The number of ether oxygens (including phenoxy) is 1. The Labute approximate surface area is 196 Å². The van der Waals surface area contributed by atoms with Gasteiger partial charge in [0.05, 0.1) is 12.8 Å². The lowest BCUT2D eigenvalue weighted by Gasteiger charge is -2.24. The van der Waals surface area contributed by atoms with Crippen LogP contribution in [0.5, 0.6) is 5.75 Å². The predicted molar refractivity (Wildman–Crippen MR) is 136 cm³/mol. The highest BCUT2D eigenvalue weighted by atomic mass is 19.1. The number of methoxy groups -OCH3 is 1. The average molecular weight is 454 g/mol. The number of aromatic nitrogens is 2. The van der Waals surface area contributed by atoms with E-state index in [2.05, 4.69) is 31.7 Å². The Bertz CT molecular complexity index is 1080. The van der Waals surface area contributed by atoms with Crippen molar-refractivity contribution in [3.63, 3.8) is 0 Å². The smallest absolute Gasteiger partial charge is 0.258 e. The molecule has 0 amide bonds. The van der Waals surface area contributed by atoms with Crippen molar-refractivity contribution in [2.24, 2.45) is 11.8 Å². The van der Waals surface area contributed by atoms with E-state index in [0.717, 1.165) is 11.8 Å². The molecule has 0 bridgehead atoms. The average Bonchev–Trinajstić information content (AvgIpc) is 2.84. The molecule has 1 aliphatic carbocycles. The summed E-state index contributed by atoms with van der Waals surface area (Å²) < 4.78 is 20.0. The number of nitrogen functional groups attached to an aromatic ring is 1. The first-order valence-electron chi connectivity index (χ1n) is 11.3. The van der Waals surface area contributed by atoms with Gasteiger partial charge in [0, 0.05) is 23.5 Å². The van der Waals surface area contributed by atoms with Crippen LogP contribution in [0.4, 0.5) is 10.1 Å². The van der Waals surface area contributed by atoms with E-state index in [0.29, 0.717) is 22.6 Å². The molecule has 1 fully saturated rings. The summed E-state index contributed by atoms with van der Waals surface area (Å²) in [6, 6.07) is 9.07. The summed E-state index contributed by atoms with van der Waals surface area (Å²) in [6.45, 7) is 8.76. The van der Waals surface area contributed by atoms with E-state index in [4.69, 9.17) is 10.5 Å². The van der Waals surface area contributed by atoms with E-state index in [1.807, 2.05) is 13.8 Å². The zero-order chi connectivity index (χ0) is 25.0. The molecule has 2 N–H and O–H groups in total. The van der Waals surface area contributed by atoms with Gasteiger partial charge in [0.2, 0.25) is 0 Å². The molecule has 2 atom stereocenters. The molecule has 0 spiro atoms. The first kappa shape index (κ1) is 27.7. The van der Waals surface area contributed by atoms with Crippen LogP contribution in [-0.2, 0) is 0 Å². The molecule has 2 unspecified atom stereocenters. The number of benzene rings is 1. The van der Waals surface area contributed by atoms with Crippen LogP contribution in [0.1, 0.15) is 53.4 Å². The molecule has 0 aliphatic heterocycles. The second-order valence-electron chi connectivity index (χ2n) is 7.76. The van der Waals surface area contributed by atoms with E-state index >= 15 is 0 Å². The summed E-state index contributed by atoms with van der Waals surface area (Å²) in [7, 11) is 1.39. The third-order valence-electron chi connectivity index (χ3n) is 5.67. The molecule has 178 valence electrons. The van der Waals surface area contributed by atoms with Crippen molar-refractivity contribution in [2.45, 2.75) is 53.4 Å². The topological polar surface area (TPSA) is 69.6 Å². The molecule has 6 heteroatoms. The minimum atomic E-state index is -0.505. The molecular formula is C27H36FN3O2. The van der Waals surface area contributed by atoms with Crippen molar-refractivity contribution in [3.05, 3.63) is 58.8 Å². The number of rotatable bonds is 2. The molecule has 33 heavy (non-hydrogen) atoms. The monoisotopic (exact) mass is 453 g/mol. The number of terminal acetylenes is 1. The van der Waals surface area contributed by atoms with Gasteiger partial charge in [0.1, 0.15) is 5.65 Å². The van der Waals surface area contributed by atoms with Crippen molar-refractivity contribution in [1.29, 1.82) is 0 Å². The normalized spacial score (nSPS) is 16.7. The maximum absolute atomic E-state index is 13.8. The number of halogens is 1. The number of hydrogen-bond donors (Lipinski definition) is 1. The standard InChI is InChI=1S/C15H12FN3O2.C8H16.C2H6.C2H2/c1-21-13-4-2-9(6-11(13)16)12-7-15(20)19-8-10(17)3-5-14(19)18-12;1-7-5-3-4-6-8(7)2;2*1-2/h2-8H,17H2,1H3;7-8H,3-6H2,1-2H3;1-2H3;1-2H. The SMILES string of the molecule is C#C.CC.CC1CCCCC1C.COc1ccc(-c2cc(=O)n3cc(N)ccc3n2)cc1F. The highest BCUT2D eigenvalue weighted by molar-refractivity contribution is 5.63. The van der Waals surface area contributed by atoms with Gasteiger partial charge >= 0.3 is 0 Å². The Hall–Kier alpha value is -3.33. The largest absolute Gasteiger partial charge is 0.494 e. The molecule has 5 nitrogen and oxygen atoms in total. The summed E-state index contributed by atoms with van der Waals surface area (Å²) in [5.41, 5.74) is 7.18. The zero-order valence-corrected chi connectivity index (χ0v) is 20.3. The molecule has 0 saturated heterocycles. The van der Waals surface area contributed by atoms with Crippen molar-refractivity contribution in [2.75, 3.05) is 12.8 Å². The Morgan fingerprint density at radius 1 is 1.06 bits per heavy atom. The number of hydrogen-bond acceptors (Lipinski definition) is 4. The zero-order valence-electron chi connectivity index (χ0n) is 20.3. The third kappa shape index (κ3) is 7.64. The molecule has 1 saturated carbocycles. The van der Waals surface area contributed by atoms with E-state index in [1.54, 1.807) is 18.2 Å². The Kier molecular flexibility index (Phi) is 11.7. The highest BCUT2D eigenvalue weighted by Crippen LogP contribution is 2.28. The Morgan fingerprint density at radius 3 is 2.18 bits per heavy atom. The maximum atomic E-state index is 13.8. The summed E-state index contributed by atoms with van der Waals surface area (Å²) in [5.74, 6) is 1.64. The minimum absolute atomic E-state index is 0.143. The van der Waals surface area contributed by atoms with E-state index in [1.165, 1.54) is 61.6 Å². The summed E-state index contributed by atoms with van der Waals surface area (Å²) in [5, 5.41) is 0. The van der Waals surface area contributed by atoms with Crippen molar-refractivity contribution < 1.29 is 9.13 Å². The first-order chi connectivity index (χ1) is 15.9. The number of nitrogens with two attached hydrogens (primary N) is 1. The van der Waals surface area contributed by atoms with Gasteiger partial charge in [0.25, 0.3) is 5.56 Å². The van der Waals surface area contributed by atoms with Crippen LogP contribution in [0, 0.1) is 30.5 Å². The van der Waals surface area contributed by atoms with Crippen LogP contribution in [0.25, 0.3) is 16.9 Å². The highest BCUT2D eigenvalue weighted by Gasteiger charge is 2.15. The molecule has 2 aromatic heterocycles. The fourth-order valence-electron chi connectivity index (χ4n) is 3.59. The van der Waals surface area contributed by atoms with Crippen LogP contribution in [-0.4, -0.2) is 16.5 Å². The van der Waals surface area contributed by atoms with E-state index < -0.39 is 5.82 Å². The lowest BCUT2D eigenvalue weighted by atomic mass is 9.82. The predicted octanol–water partition coefficient (Wildman–Crippen LogP) is 6.20. The second kappa shape index (κ2) is 13.9. The van der Waals surface area contributed by atoms with Gasteiger partial charge in [-0.2, -0.15) is 0 Å². The van der Waals surface area contributed by atoms with Crippen molar-refractivity contribution in [3.8, 4) is 29.9 Å². The van der Waals surface area contributed by atoms with Crippen LogP contribution in [0.3, 0.4) is 0 Å². The lowest BCUT2D eigenvalue weighted by molar-refractivity contribution is 0.277. The Morgan fingerprint density at radius 2 is 1.67 bits per heavy atom. The van der Waals surface area contributed by atoms with Gasteiger partial charge in [-0.1, -0.05) is 53.4 Å². The summed E-state index contributed by atoms with van der Waals surface area (Å²) in [4.78, 5) is 16.4. The van der Waals surface area contributed by atoms with Gasteiger partial charge in [-0.15, -0.1) is 12.8 Å². The number of nitrogens with zero attached hydrogens (tertiary/aromatic N) is 2. The molecular weight excluding hydrogens is 417 g/mol. The van der Waals surface area contributed by atoms with Crippen LogP contribution in [0.15, 0.2) is 47.4 Å². The van der Waals surface area contributed by atoms with E-state index in [-0.39, 0.29) is 11.3 Å². The van der Waals surface area contributed by atoms with Crippen LogP contribution >= 0.6 is 0 Å². The maximum Gasteiger partial charge on any atom is 0.258 e. The Balaban J connectivity index is 0.000000380. The first-order valence-corrected chi connectivity index (χ1v) is 11.3. The minimum Gasteiger partial charge on any atom is -0.494 e. The molecule has 2 heterocycles. The number of pyridine rings is 1. The second-order valence-corrected chi connectivity index (χ2v) is 7.76. The molecule has 3 aromatic rings. The fraction of sp³-hybridized carbons (Fsp3) is 0.407. The van der Waals surface area contributed by atoms with Gasteiger partial charge in [-0.25, -0.2) is 9.37 Å². The van der Waals surface area contributed by atoms with Crippen molar-refractivity contribution >= 4 is 11.3 Å². The van der Waals surface area contributed by atoms with Gasteiger partial charge < -0.3 is 10.5 Å².